The Morgan fingerprint density at radius 3 is 2.73 bits per heavy atom. The van der Waals surface area contributed by atoms with Crippen molar-refractivity contribution >= 4 is 28.1 Å². The van der Waals surface area contributed by atoms with E-state index in [1.54, 1.807) is 0 Å². The van der Waals surface area contributed by atoms with Gasteiger partial charge in [0.1, 0.15) is 0 Å². The van der Waals surface area contributed by atoms with E-state index in [9.17, 15) is 9.50 Å². The van der Waals surface area contributed by atoms with Crippen molar-refractivity contribution in [1.82, 2.24) is 15.3 Å². The maximum Gasteiger partial charge on any atom is 0.184 e. The van der Waals surface area contributed by atoms with Gasteiger partial charge >= 0.3 is 0 Å². The molecule has 0 spiro atoms. The zero-order valence-corrected chi connectivity index (χ0v) is 13.0. The number of halogens is 2. The van der Waals surface area contributed by atoms with Crippen molar-refractivity contribution in [3.63, 3.8) is 0 Å². The second-order valence-electron chi connectivity index (χ2n) is 6.28. The summed E-state index contributed by atoms with van der Waals surface area (Å²) in [7, 11) is 0. The Hall–Kier alpha value is -1.43. The highest BCUT2D eigenvalue weighted by Gasteiger charge is 2.55. The molecule has 1 saturated carbocycles. The Bertz CT molecular complexity index is 791. The molecule has 3 N–H and O–H groups in total. The van der Waals surface area contributed by atoms with E-state index in [1.807, 2.05) is 6.92 Å². The number of piperidine rings is 1. The molecule has 2 aliphatic rings. The Morgan fingerprint density at radius 2 is 2.14 bits per heavy atom. The van der Waals surface area contributed by atoms with Gasteiger partial charge in [-0.2, -0.15) is 0 Å². The van der Waals surface area contributed by atoms with Crippen LogP contribution in [0.3, 0.4) is 0 Å². The number of nitrogens with zero attached hydrogens (tertiary/aromatic N) is 1. The van der Waals surface area contributed by atoms with Crippen molar-refractivity contribution in [1.29, 1.82) is 0 Å². The van der Waals surface area contributed by atoms with E-state index in [0.717, 1.165) is 29.6 Å². The fraction of sp³-hybridized carbons (Fsp3) is 0.438. The number of hydrogen-bond donors (Lipinski definition) is 3. The fourth-order valence-corrected chi connectivity index (χ4v) is 4.11. The van der Waals surface area contributed by atoms with Gasteiger partial charge in [-0.15, -0.1) is 0 Å². The first-order valence-corrected chi connectivity index (χ1v) is 7.79. The lowest BCUT2D eigenvalue weighted by Gasteiger charge is -2.09. The Balaban J connectivity index is 2.02. The van der Waals surface area contributed by atoms with Crippen LogP contribution in [0.25, 0.3) is 16.5 Å². The standard InChI is InChI=1S/C16H17ClFN3O/c1-6(2)14-12-11(10-7-3-19-4-8(7)10)9(5-22)20-15(12)13(18)16(17)21-14/h7-8,10,19-20,22H,1,3-5H2,2H3. The molecule has 1 aliphatic carbocycles. The Kier molecular flexibility index (Phi) is 3.08. The molecule has 0 aromatic carbocycles. The van der Waals surface area contributed by atoms with E-state index in [4.69, 9.17) is 11.6 Å². The lowest BCUT2D eigenvalue weighted by atomic mass is 9.99. The van der Waals surface area contributed by atoms with Gasteiger partial charge in [-0.3, -0.25) is 0 Å². The van der Waals surface area contributed by atoms with Gasteiger partial charge in [-0.05, 0) is 48.9 Å². The maximum atomic E-state index is 14.4. The maximum absolute atomic E-state index is 14.4. The molecule has 1 aliphatic heterocycles. The zero-order valence-electron chi connectivity index (χ0n) is 12.2. The Labute approximate surface area is 132 Å². The third-order valence-corrected chi connectivity index (χ3v) is 5.21. The number of H-pyrrole nitrogens is 1. The quantitative estimate of drug-likeness (QED) is 0.762. The van der Waals surface area contributed by atoms with E-state index >= 15 is 0 Å². The monoisotopic (exact) mass is 321 g/mol. The van der Waals surface area contributed by atoms with Crippen LogP contribution in [-0.4, -0.2) is 28.2 Å². The first kappa shape index (κ1) is 14.2. The second-order valence-corrected chi connectivity index (χ2v) is 6.64. The van der Waals surface area contributed by atoms with E-state index in [2.05, 4.69) is 21.9 Å². The molecule has 2 atom stereocenters. The van der Waals surface area contributed by atoms with Crippen LogP contribution in [0.4, 0.5) is 4.39 Å². The van der Waals surface area contributed by atoms with Crippen LogP contribution in [0.15, 0.2) is 6.58 Å². The number of aliphatic hydroxyl groups is 1. The topological polar surface area (TPSA) is 60.9 Å². The summed E-state index contributed by atoms with van der Waals surface area (Å²) in [5.41, 5.74) is 3.34. The number of fused-ring (bicyclic) bond motifs is 2. The molecule has 2 fully saturated rings. The van der Waals surface area contributed by atoms with Crippen molar-refractivity contribution in [2.45, 2.75) is 19.4 Å². The number of aliphatic hydroxyl groups excluding tert-OH is 1. The number of nitrogens with one attached hydrogen (secondary N) is 2. The minimum absolute atomic E-state index is 0.153. The van der Waals surface area contributed by atoms with Crippen LogP contribution in [0.5, 0.6) is 0 Å². The predicted octanol–water partition coefficient (Wildman–Crippen LogP) is 2.81. The third-order valence-electron chi connectivity index (χ3n) is 4.96. The number of rotatable bonds is 3. The van der Waals surface area contributed by atoms with Crippen molar-refractivity contribution in [2.75, 3.05) is 13.1 Å². The molecule has 6 heteroatoms. The van der Waals surface area contributed by atoms with Crippen LogP contribution in [0.2, 0.25) is 5.15 Å². The summed E-state index contributed by atoms with van der Waals surface area (Å²) in [6, 6.07) is 0. The summed E-state index contributed by atoms with van der Waals surface area (Å²) in [5.74, 6) is 0.895. The van der Waals surface area contributed by atoms with Gasteiger partial charge in [0.15, 0.2) is 11.0 Å². The summed E-state index contributed by atoms with van der Waals surface area (Å²) < 4.78 is 14.4. The van der Waals surface area contributed by atoms with Gasteiger partial charge in [0.2, 0.25) is 0 Å². The summed E-state index contributed by atoms with van der Waals surface area (Å²) in [5, 5.41) is 13.6. The predicted molar refractivity (Wildman–Crippen MR) is 84.3 cm³/mol. The molecule has 1 saturated heterocycles. The number of hydrogen-bond acceptors (Lipinski definition) is 3. The van der Waals surface area contributed by atoms with E-state index in [1.165, 1.54) is 0 Å². The molecule has 3 heterocycles. The van der Waals surface area contributed by atoms with Crippen LogP contribution in [0, 0.1) is 17.7 Å². The third kappa shape index (κ3) is 1.79. The van der Waals surface area contributed by atoms with Crippen molar-refractivity contribution < 1.29 is 9.50 Å². The average Bonchev–Trinajstić information content (AvgIpc) is 2.89. The zero-order chi connectivity index (χ0) is 15.6. The molecule has 2 unspecified atom stereocenters. The van der Waals surface area contributed by atoms with Gasteiger partial charge in [0.05, 0.1) is 17.8 Å². The van der Waals surface area contributed by atoms with Crippen molar-refractivity contribution in [3.05, 3.63) is 34.5 Å². The lowest BCUT2D eigenvalue weighted by Crippen LogP contribution is -2.14. The summed E-state index contributed by atoms with van der Waals surface area (Å²) in [6.07, 6.45) is 0. The Morgan fingerprint density at radius 1 is 1.45 bits per heavy atom. The molecule has 0 bridgehead atoms. The van der Waals surface area contributed by atoms with Gasteiger partial charge in [0.25, 0.3) is 0 Å². The molecule has 116 valence electrons. The minimum atomic E-state index is -0.563. The molecule has 2 aromatic rings. The van der Waals surface area contributed by atoms with Crippen LogP contribution < -0.4 is 5.32 Å². The normalized spacial score (nSPS) is 26.5. The highest BCUT2D eigenvalue weighted by molar-refractivity contribution is 6.30. The smallest absolute Gasteiger partial charge is 0.184 e. The molecule has 22 heavy (non-hydrogen) atoms. The minimum Gasteiger partial charge on any atom is -0.390 e. The highest BCUT2D eigenvalue weighted by Crippen LogP contribution is 2.58. The van der Waals surface area contributed by atoms with E-state index in [0.29, 0.717) is 34.7 Å². The summed E-state index contributed by atoms with van der Waals surface area (Å²) in [6.45, 7) is 7.57. The van der Waals surface area contributed by atoms with Crippen molar-refractivity contribution in [3.8, 4) is 0 Å². The van der Waals surface area contributed by atoms with Gasteiger partial charge in [0, 0.05) is 11.1 Å². The molecule has 4 rings (SSSR count). The average molecular weight is 322 g/mol. The van der Waals surface area contributed by atoms with Gasteiger partial charge in [-0.1, -0.05) is 18.2 Å². The molecule has 0 radical (unpaired) electrons. The molecular formula is C16H17ClFN3O. The first-order chi connectivity index (χ1) is 10.5. The molecule has 4 nitrogen and oxygen atoms in total. The highest BCUT2D eigenvalue weighted by atomic mass is 35.5. The number of pyridine rings is 1. The van der Waals surface area contributed by atoms with E-state index in [-0.39, 0.29) is 11.8 Å². The summed E-state index contributed by atoms with van der Waals surface area (Å²) in [4.78, 5) is 7.20. The summed E-state index contributed by atoms with van der Waals surface area (Å²) >= 11 is 5.91. The fourth-order valence-electron chi connectivity index (χ4n) is 3.93. The van der Waals surface area contributed by atoms with Crippen LogP contribution >= 0.6 is 11.6 Å². The van der Waals surface area contributed by atoms with Crippen LogP contribution in [-0.2, 0) is 6.61 Å². The van der Waals surface area contributed by atoms with Gasteiger partial charge in [-0.25, -0.2) is 9.37 Å². The first-order valence-electron chi connectivity index (χ1n) is 7.41. The lowest BCUT2D eigenvalue weighted by molar-refractivity contribution is 0.276. The SMILES string of the molecule is C=C(C)c1nc(Cl)c(F)c2[nH]c(CO)c(C3C4CNCC43)c12. The molecule has 2 aromatic heterocycles. The van der Waals surface area contributed by atoms with E-state index < -0.39 is 5.82 Å². The van der Waals surface area contributed by atoms with Gasteiger partial charge < -0.3 is 15.4 Å². The largest absolute Gasteiger partial charge is 0.390 e. The molecular weight excluding hydrogens is 305 g/mol. The number of aromatic nitrogens is 2. The van der Waals surface area contributed by atoms with Crippen LogP contribution in [0.1, 0.15) is 29.8 Å². The van der Waals surface area contributed by atoms with Crippen molar-refractivity contribution in [2.24, 2.45) is 11.8 Å². The molecule has 0 amide bonds. The second kappa shape index (κ2) is 4.78. The number of allylic oxidation sites excluding steroid dienone is 1. The number of aromatic amines is 1.